The third-order valence-corrected chi connectivity index (χ3v) is 1.78. The minimum absolute atomic E-state index is 0.0242. The van der Waals surface area contributed by atoms with Crippen molar-refractivity contribution in [1.82, 2.24) is 0 Å². The number of rotatable bonds is 2. The lowest BCUT2D eigenvalue weighted by Gasteiger charge is -2.09. The SMILES string of the molecule is CC(N=C(N)N)c1cc(F)ccc1O. The first kappa shape index (κ1) is 10.3. The monoisotopic (exact) mass is 197 g/mol. The summed E-state index contributed by atoms with van der Waals surface area (Å²) in [6, 6.07) is 3.17. The molecule has 1 unspecified atom stereocenters. The molecule has 0 aliphatic carbocycles. The lowest BCUT2D eigenvalue weighted by molar-refractivity contribution is 0.461. The molecule has 0 saturated heterocycles. The van der Waals surface area contributed by atoms with Crippen molar-refractivity contribution in [1.29, 1.82) is 0 Å². The minimum Gasteiger partial charge on any atom is -0.508 e. The number of hydrogen-bond acceptors (Lipinski definition) is 2. The topological polar surface area (TPSA) is 84.6 Å². The molecule has 1 aromatic carbocycles. The summed E-state index contributed by atoms with van der Waals surface area (Å²) in [5.41, 5.74) is 10.7. The summed E-state index contributed by atoms with van der Waals surface area (Å²) < 4.78 is 12.8. The molecule has 0 amide bonds. The molecule has 0 fully saturated rings. The number of benzene rings is 1. The Morgan fingerprint density at radius 1 is 1.50 bits per heavy atom. The third-order valence-electron chi connectivity index (χ3n) is 1.78. The zero-order valence-corrected chi connectivity index (χ0v) is 7.74. The number of aliphatic imine (C=N–C) groups is 1. The van der Waals surface area contributed by atoms with Crippen LogP contribution in [0.3, 0.4) is 0 Å². The van der Waals surface area contributed by atoms with Crippen molar-refractivity contribution in [3.63, 3.8) is 0 Å². The van der Waals surface area contributed by atoms with Gasteiger partial charge in [-0.1, -0.05) is 0 Å². The van der Waals surface area contributed by atoms with Crippen LogP contribution in [0.4, 0.5) is 4.39 Å². The van der Waals surface area contributed by atoms with E-state index in [-0.39, 0.29) is 11.7 Å². The van der Waals surface area contributed by atoms with Crippen LogP contribution < -0.4 is 11.5 Å². The Balaban J connectivity index is 3.05. The maximum Gasteiger partial charge on any atom is 0.186 e. The maximum atomic E-state index is 12.8. The predicted octanol–water partition coefficient (Wildman–Crippen LogP) is 0.866. The van der Waals surface area contributed by atoms with Gasteiger partial charge in [0.2, 0.25) is 0 Å². The highest BCUT2D eigenvalue weighted by atomic mass is 19.1. The summed E-state index contributed by atoms with van der Waals surface area (Å²) in [6.07, 6.45) is 0. The van der Waals surface area contributed by atoms with Gasteiger partial charge in [0, 0.05) is 5.56 Å². The number of hydrogen-bond donors (Lipinski definition) is 3. The van der Waals surface area contributed by atoms with Crippen molar-refractivity contribution >= 4 is 5.96 Å². The summed E-state index contributed by atoms with van der Waals surface area (Å²) >= 11 is 0. The van der Waals surface area contributed by atoms with Gasteiger partial charge in [-0.25, -0.2) is 9.38 Å². The zero-order valence-electron chi connectivity index (χ0n) is 7.74. The fourth-order valence-corrected chi connectivity index (χ4v) is 1.15. The molecule has 1 atom stereocenters. The lowest BCUT2D eigenvalue weighted by Crippen LogP contribution is -2.23. The number of guanidine groups is 1. The quantitative estimate of drug-likeness (QED) is 0.485. The van der Waals surface area contributed by atoms with E-state index in [1.54, 1.807) is 6.92 Å². The van der Waals surface area contributed by atoms with Gasteiger partial charge in [-0.3, -0.25) is 0 Å². The van der Waals surface area contributed by atoms with Gasteiger partial charge in [0.1, 0.15) is 11.6 Å². The van der Waals surface area contributed by atoms with Crippen LogP contribution in [0.5, 0.6) is 5.75 Å². The highest BCUT2D eigenvalue weighted by Crippen LogP contribution is 2.26. The number of phenols is 1. The van der Waals surface area contributed by atoms with Gasteiger partial charge in [-0.15, -0.1) is 0 Å². The first-order valence-corrected chi connectivity index (χ1v) is 4.08. The number of nitrogens with zero attached hydrogens (tertiary/aromatic N) is 1. The molecule has 0 spiro atoms. The third kappa shape index (κ3) is 2.35. The van der Waals surface area contributed by atoms with E-state index in [1.807, 2.05) is 0 Å². The molecule has 14 heavy (non-hydrogen) atoms. The summed E-state index contributed by atoms with van der Waals surface area (Å²) in [6.45, 7) is 1.66. The van der Waals surface area contributed by atoms with E-state index in [0.29, 0.717) is 5.56 Å². The van der Waals surface area contributed by atoms with Crippen molar-refractivity contribution in [2.45, 2.75) is 13.0 Å². The number of aromatic hydroxyl groups is 1. The van der Waals surface area contributed by atoms with E-state index in [9.17, 15) is 9.50 Å². The lowest BCUT2D eigenvalue weighted by atomic mass is 10.1. The molecule has 0 heterocycles. The Morgan fingerprint density at radius 2 is 2.14 bits per heavy atom. The molecule has 0 aromatic heterocycles. The van der Waals surface area contributed by atoms with E-state index >= 15 is 0 Å². The second kappa shape index (κ2) is 3.95. The number of phenolic OH excluding ortho intramolecular Hbond substituents is 1. The molecule has 1 aromatic rings. The second-order valence-corrected chi connectivity index (χ2v) is 2.93. The van der Waals surface area contributed by atoms with Gasteiger partial charge in [0.25, 0.3) is 0 Å². The molecule has 0 aliphatic heterocycles. The molecule has 0 saturated carbocycles. The van der Waals surface area contributed by atoms with Crippen molar-refractivity contribution in [2.24, 2.45) is 16.5 Å². The van der Waals surface area contributed by atoms with Crippen LogP contribution in [0, 0.1) is 5.82 Å². The standard InChI is InChI=1S/C9H12FN3O/c1-5(13-9(11)12)7-4-6(10)2-3-8(7)14/h2-5,14H,1H3,(H4,11,12,13). The molecule has 5 N–H and O–H groups in total. The van der Waals surface area contributed by atoms with Crippen LogP contribution in [-0.2, 0) is 0 Å². The number of halogens is 1. The van der Waals surface area contributed by atoms with E-state index < -0.39 is 11.9 Å². The summed E-state index contributed by atoms with van der Waals surface area (Å²) in [7, 11) is 0. The van der Waals surface area contributed by atoms with Crippen LogP contribution in [0.25, 0.3) is 0 Å². The average Bonchev–Trinajstić information content (AvgIpc) is 2.08. The Hall–Kier alpha value is -1.78. The van der Waals surface area contributed by atoms with E-state index in [0.717, 1.165) is 0 Å². The fourth-order valence-electron chi connectivity index (χ4n) is 1.15. The molecule has 76 valence electrons. The minimum atomic E-state index is -0.462. The molecule has 0 radical (unpaired) electrons. The smallest absolute Gasteiger partial charge is 0.186 e. The van der Waals surface area contributed by atoms with Crippen LogP contribution >= 0.6 is 0 Å². The van der Waals surface area contributed by atoms with E-state index in [4.69, 9.17) is 11.5 Å². The van der Waals surface area contributed by atoms with Gasteiger partial charge in [0.15, 0.2) is 5.96 Å². The van der Waals surface area contributed by atoms with Gasteiger partial charge < -0.3 is 16.6 Å². The van der Waals surface area contributed by atoms with Crippen LogP contribution in [0.2, 0.25) is 0 Å². The molecule has 0 aliphatic rings. The second-order valence-electron chi connectivity index (χ2n) is 2.93. The Bertz CT molecular complexity index is 361. The zero-order chi connectivity index (χ0) is 10.7. The first-order valence-electron chi connectivity index (χ1n) is 4.08. The molecular weight excluding hydrogens is 185 g/mol. The summed E-state index contributed by atoms with van der Waals surface area (Å²) in [5.74, 6) is -0.555. The van der Waals surface area contributed by atoms with Crippen molar-refractivity contribution < 1.29 is 9.50 Å². The highest BCUT2D eigenvalue weighted by Gasteiger charge is 2.10. The van der Waals surface area contributed by atoms with Crippen LogP contribution in [0.1, 0.15) is 18.5 Å². The largest absolute Gasteiger partial charge is 0.508 e. The predicted molar refractivity (Wildman–Crippen MR) is 52.3 cm³/mol. The number of nitrogens with two attached hydrogens (primary N) is 2. The Morgan fingerprint density at radius 3 is 2.71 bits per heavy atom. The van der Waals surface area contributed by atoms with Crippen molar-refractivity contribution in [2.75, 3.05) is 0 Å². The normalized spacial score (nSPS) is 12.1. The highest BCUT2D eigenvalue weighted by molar-refractivity contribution is 5.76. The van der Waals surface area contributed by atoms with Crippen LogP contribution in [0.15, 0.2) is 23.2 Å². The van der Waals surface area contributed by atoms with Gasteiger partial charge in [-0.2, -0.15) is 0 Å². The summed E-state index contributed by atoms with van der Waals surface area (Å²) in [5, 5.41) is 9.40. The van der Waals surface area contributed by atoms with E-state index in [2.05, 4.69) is 4.99 Å². The van der Waals surface area contributed by atoms with Crippen molar-refractivity contribution in [3.05, 3.63) is 29.6 Å². The molecular formula is C9H12FN3O. The molecule has 0 bridgehead atoms. The van der Waals surface area contributed by atoms with E-state index in [1.165, 1.54) is 18.2 Å². The summed E-state index contributed by atoms with van der Waals surface area (Å²) in [4.78, 5) is 3.80. The molecule has 1 rings (SSSR count). The Kier molecular flexibility index (Phi) is 2.91. The average molecular weight is 197 g/mol. The molecule has 5 heteroatoms. The van der Waals surface area contributed by atoms with Gasteiger partial charge >= 0.3 is 0 Å². The fraction of sp³-hybridized carbons (Fsp3) is 0.222. The maximum absolute atomic E-state index is 12.8. The van der Waals surface area contributed by atoms with Gasteiger partial charge in [0.05, 0.1) is 6.04 Å². The first-order chi connectivity index (χ1) is 6.50. The Labute approximate surface area is 81.1 Å². The van der Waals surface area contributed by atoms with Crippen molar-refractivity contribution in [3.8, 4) is 5.75 Å². The molecule has 4 nitrogen and oxygen atoms in total. The van der Waals surface area contributed by atoms with Crippen LogP contribution in [-0.4, -0.2) is 11.1 Å². The van der Waals surface area contributed by atoms with Gasteiger partial charge in [-0.05, 0) is 25.1 Å².